The van der Waals surface area contributed by atoms with E-state index in [0.29, 0.717) is 5.75 Å². The van der Waals surface area contributed by atoms with Crippen molar-refractivity contribution < 1.29 is 5.11 Å². The van der Waals surface area contributed by atoms with Crippen molar-refractivity contribution in [3.8, 4) is 5.75 Å². The van der Waals surface area contributed by atoms with Gasteiger partial charge in [0.2, 0.25) is 0 Å². The summed E-state index contributed by atoms with van der Waals surface area (Å²) < 4.78 is 0. The lowest BCUT2D eigenvalue weighted by Gasteiger charge is -2.05. The average molecular weight is 227 g/mol. The molecule has 2 aromatic rings. The Kier molecular flexibility index (Phi) is 3.78. The molecule has 0 heterocycles. The molecule has 2 heteroatoms. The monoisotopic (exact) mass is 227 g/mol. The fourth-order valence-corrected chi connectivity index (χ4v) is 1.67. The number of aromatic hydroxyl groups is 1. The second-order valence-corrected chi connectivity index (χ2v) is 4.26. The van der Waals surface area contributed by atoms with Crippen molar-refractivity contribution in [1.29, 1.82) is 0 Å². The molecule has 17 heavy (non-hydrogen) atoms. The first kappa shape index (κ1) is 11.7. The largest absolute Gasteiger partial charge is 0.508 e. The molecule has 0 aliphatic rings. The van der Waals surface area contributed by atoms with Crippen molar-refractivity contribution in [2.24, 2.45) is 0 Å². The van der Waals surface area contributed by atoms with E-state index in [1.54, 1.807) is 12.1 Å². The number of nitrogens with one attached hydrogen (secondary N) is 1. The number of rotatable bonds is 4. The Morgan fingerprint density at radius 1 is 0.824 bits per heavy atom. The van der Waals surface area contributed by atoms with E-state index in [-0.39, 0.29) is 0 Å². The standard InChI is InChI=1S/C15H17NO/c1-12-2-4-13(5-3-12)10-16-11-14-6-8-15(17)9-7-14/h2-9,16-17H,10-11H2,1H3. The van der Waals surface area contributed by atoms with Crippen molar-refractivity contribution in [3.05, 3.63) is 65.2 Å². The number of phenolic OH excluding ortho intramolecular Hbond substituents is 1. The predicted octanol–water partition coefficient (Wildman–Crippen LogP) is 2.99. The summed E-state index contributed by atoms with van der Waals surface area (Å²) in [4.78, 5) is 0. The third-order valence-corrected chi connectivity index (χ3v) is 2.72. The summed E-state index contributed by atoms with van der Waals surface area (Å²) >= 11 is 0. The van der Waals surface area contributed by atoms with Gasteiger partial charge in [-0.1, -0.05) is 42.0 Å². The van der Waals surface area contributed by atoms with Crippen LogP contribution in [0.2, 0.25) is 0 Å². The summed E-state index contributed by atoms with van der Waals surface area (Å²) in [5, 5.41) is 12.5. The predicted molar refractivity (Wildman–Crippen MR) is 69.8 cm³/mol. The lowest BCUT2D eigenvalue weighted by Crippen LogP contribution is -2.12. The molecule has 0 bridgehead atoms. The van der Waals surface area contributed by atoms with Crippen molar-refractivity contribution in [2.45, 2.75) is 20.0 Å². The van der Waals surface area contributed by atoms with Crippen molar-refractivity contribution in [1.82, 2.24) is 5.32 Å². The van der Waals surface area contributed by atoms with Crippen LogP contribution in [-0.4, -0.2) is 5.11 Å². The van der Waals surface area contributed by atoms with E-state index >= 15 is 0 Å². The van der Waals surface area contributed by atoms with Crippen LogP contribution < -0.4 is 5.32 Å². The minimum atomic E-state index is 0.312. The molecule has 0 aliphatic heterocycles. The van der Waals surface area contributed by atoms with Crippen molar-refractivity contribution in [3.63, 3.8) is 0 Å². The third kappa shape index (κ3) is 3.61. The Balaban J connectivity index is 1.83. The van der Waals surface area contributed by atoms with Crippen molar-refractivity contribution in [2.75, 3.05) is 0 Å². The molecule has 0 atom stereocenters. The maximum Gasteiger partial charge on any atom is 0.115 e. The Morgan fingerprint density at radius 3 is 1.82 bits per heavy atom. The molecule has 88 valence electrons. The van der Waals surface area contributed by atoms with E-state index < -0.39 is 0 Å². The number of hydrogen-bond donors (Lipinski definition) is 2. The fourth-order valence-electron chi connectivity index (χ4n) is 1.67. The van der Waals surface area contributed by atoms with Crippen LogP contribution in [0.5, 0.6) is 5.75 Å². The van der Waals surface area contributed by atoms with Gasteiger partial charge in [-0.2, -0.15) is 0 Å². The van der Waals surface area contributed by atoms with Gasteiger partial charge in [0.05, 0.1) is 0 Å². The molecule has 0 radical (unpaired) electrons. The lowest BCUT2D eigenvalue weighted by molar-refractivity contribution is 0.475. The Hall–Kier alpha value is -1.80. The molecule has 0 saturated heterocycles. The summed E-state index contributed by atoms with van der Waals surface area (Å²) in [7, 11) is 0. The highest BCUT2D eigenvalue weighted by molar-refractivity contribution is 5.26. The molecule has 0 aromatic heterocycles. The SMILES string of the molecule is Cc1ccc(CNCc2ccc(O)cc2)cc1. The summed E-state index contributed by atoms with van der Waals surface area (Å²) in [5.74, 6) is 0.312. The van der Waals surface area contributed by atoms with Gasteiger partial charge in [-0.25, -0.2) is 0 Å². The quantitative estimate of drug-likeness (QED) is 0.841. The van der Waals surface area contributed by atoms with Crippen LogP contribution in [0.4, 0.5) is 0 Å². The zero-order valence-electron chi connectivity index (χ0n) is 9.98. The second-order valence-electron chi connectivity index (χ2n) is 4.26. The third-order valence-electron chi connectivity index (χ3n) is 2.72. The second kappa shape index (κ2) is 5.51. The highest BCUT2D eigenvalue weighted by Gasteiger charge is 1.94. The van der Waals surface area contributed by atoms with Crippen LogP contribution >= 0.6 is 0 Å². The molecule has 0 saturated carbocycles. The molecule has 0 amide bonds. The summed E-state index contributed by atoms with van der Waals surface area (Å²) in [5.41, 5.74) is 3.75. The van der Waals surface area contributed by atoms with Gasteiger partial charge in [-0.15, -0.1) is 0 Å². The van der Waals surface area contributed by atoms with E-state index in [9.17, 15) is 0 Å². The average Bonchev–Trinajstić information content (AvgIpc) is 2.34. The van der Waals surface area contributed by atoms with E-state index in [2.05, 4.69) is 36.5 Å². The topological polar surface area (TPSA) is 32.3 Å². The molecule has 2 rings (SSSR count). The number of aryl methyl sites for hydroxylation is 1. The van der Waals surface area contributed by atoms with Gasteiger partial charge in [0.25, 0.3) is 0 Å². The normalized spacial score (nSPS) is 10.4. The van der Waals surface area contributed by atoms with Gasteiger partial charge in [0.15, 0.2) is 0 Å². The first-order chi connectivity index (χ1) is 8.24. The van der Waals surface area contributed by atoms with Gasteiger partial charge in [-0.3, -0.25) is 0 Å². The van der Waals surface area contributed by atoms with Crippen LogP contribution in [0.3, 0.4) is 0 Å². The first-order valence-electron chi connectivity index (χ1n) is 5.78. The van der Waals surface area contributed by atoms with E-state index in [0.717, 1.165) is 13.1 Å². The molecule has 2 N–H and O–H groups in total. The van der Waals surface area contributed by atoms with Crippen molar-refractivity contribution >= 4 is 0 Å². The molecular formula is C15H17NO. The van der Waals surface area contributed by atoms with Gasteiger partial charge in [0.1, 0.15) is 5.75 Å². The minimum absolute atomic E-state index is 0.312. The maximum absolute atomic E-state index is 9.17. The van der Waals surface area contributed by atoms with Crippen LogP contribution in [0.15, 0.2) is 48.5 Å². The Morgan fingerprint density at radius 2 is 1.29 bits per heavy atom. The number of phenols is 1. The molecular weight excluding hydrogens is 210 g/mol. The molecule has 0 unspecified atom stereocenters. The summed E-state index contributed by atoms with van der Waals surface area (Å²) in [6.45, 7) is 3.77. The number of benzene rings is 2. The van der Waals surface area contributed by atoms with Crippen LogP contribution in [-0.2, 0) is 13.1 Å². The van der Waals surface area contributed by atoms with Gasteiger partial charge in [0, 0.05) is 13.1 Å². The zero-order valence-corrected chi connectivity index (χ0v) is 9.98. The lowest BCUT2D eigenvalue weighted by atomic mass is 10.1. The fraction of sp³-hybridized carbons (Fsp3) is 0.200. The molecule has 0 fully saturated rings. The molecule has 2 aromatic carbocycles. The van der Waals surface area contributed by atoms with Crippen LogP contribution in [0.25, 0.3) is 0 Å². The highest BCUT2D eigenvalue weighted by Crippen LogP contribution is 2.09. The van der Waals surface area contributed by atoms with Gasteiger partial charge >= 0.3 is 0 Å². The molecule has 0 spiro atoms. The summed E-state index contributed by atoms with van der Waals surface area (Å²) in [6.07, 6.45) is 0. The summed E-state index contributed by atoms with van der Waals surface area (Å²) in [6, 6.07) is 15.8. The minimum Gasteiger partial charge on any atom is -0.508 e. The number of hydrogen-bond acceptors (Lipinski definition) is 2. The van der Waals surface area contributed by atoms with Gasteiger partial charge in [-0.05, 0) is 30.2 Å². The Labute approximate surface area is 102 Å². The first-order valence-corrected chi connectivity index (χ1v) is 5.78. The zero-order chi connectivity index (χ0) is 12.1. The van der Waals surface area contributed by atoms with E-state index in [1.807, 2.05) is 12.1 Å². The molecule has 2 nitrogen and oxygen atoms in total. The van der Waals surface area contributed by atoms with Crippen LogP contribution in [0, 0.1) is 6.92 Å². The maximum atomic E-state index is 9.17. The van der Waals surface area contributed by atoms with Gasteiger partial charge < -0.3 is 10.4 Å². The smallest absolute Gasteiger partial charge is 0.115 e. The Bertz CT molecular complexity index is 414. The van der Waals surface area contributed by atoms with E-state index in [1.165, 1.54) is 16.7 Å². The molecule has 0 aliphatic carbocycles. The van der Waals surface area contributed by atoms with E-state index in [4.69, 9.17) is 5.11 Å². The highest BCUT2D eigenvalue weighted by atomic mass is 16.3. The van der Waals surface area contributed by atoms with Crippen LogP contribution in [0.1, 0.15) is 16.7 Å².